The zero-order valence-corrected chi connectivity index (χ0v) is 16.6. The largest absolute Gasteiger partial charge is 0.376 e. The van der Waals surface area contributed by atoms with Crippen molar-refractivity contribution < 1.29 is 17.7 Å². The highest BCUT2D eigenvalue weighted by atomic mass is 32.2. The molecule has 1 atom stereocenters. The Labute approximate surface area is 147 Å². The maximum absolute atomic E-state index is 10.8. The summed E-state index contributed by atoms with van der Waals surface area (Å²) in [6, 6.07) is 8.54. The van der Waals surface area contributed by atoms with E-state index in [4.69, 9.17) is 9.29 Å². The van der Waals surface area contributed by atoms with E-state index in [1.54, 1.807) is 7.11 Å². The summed E-state index contributed by atoms with van der Waals surface area (Å²) in [4.78, 5) is 0. The second kappa shape index (κ2) is 7.98. The van der Waals surface area contributed by atoms with E-state index in [1.807, 2.05) is 0 Å². The number of methoxy groups -OCH3 is 1. The van der Waals surface area contributed by atoms with Gasteiger partial charge < -0.3 is 4.74 Å². The minimum Gasteiger partial charge on any atom is -0.376 e. The van der Waals surface area contributed by atoms with Gasteiger partial charge in [0.25, 0.3) is 10.1 Å². The minimum absolute atomic E-state index is 0.0581. The van der Waals surface area contributed by atoms with Crippen molar-refractivity contribution >= 4 is 10.1 Å². The van der Waals surface area contributed by atoms with Crippen molar-refractivity contribution in [1.82, 2.24) is 0 Å². The molecule has 0 saturated heterocycles. The smallest absolute Gasteiger partial charge is 0.264 e. The fraction of sp³-hybridized carbons (Fsp3) is 0.684. The molecule has 0 amide bonds. The first kappa shape index (κ1) is 21.1. The fourth-order valence-electron chi connectivity index (χ4n) is 3.06. The molecule has 0 fully saturated rings. The average Bonchev–Trinajstić information content (AvgIpc) is 2.43. The van der Waals surface area contributed by atoms with Crippen LogP contribution >= 0.6 is 0 Å². The van der Waals surface area contributed by atoms with Crippen LogP contribution in [0.2, 0.25) is 0 Å². The maximum atomic E-state index is 10.8. The van der Waals surface area contributed by atoms with Gasteiger partial charge in [-0.1, -0.05) is 65.3 Å². The van der Waals surface area contributed by atoms with E-state index in [9.17, 15) is 8.42 Å². The molecule has 0 radical (unpaired) electrons. The lowest BCUT2D eigenvalue weighted by Crippen LogP contribution is -2.24. The van der Waals surface area contributed by atoms with Gasteiger partial charge in [-0.25, -0.2) is 0 Å². The number of rotatable bonds is 8. The molecule has 5 heteroatoms. The number of unbranched alkanes of at least 4 members (excludes halogenated alkanes) is 1. The van der Waals surface area contributed by atoms with Crippen LogP contribution in [-0.2, 0) is 20.3 Å². The van der Waals surface area contributed by atoms with Crippen molar-refractivity contribution in [2.45, 2.75) is 65.4 Å². The van der Waals surface area contributed by atoms with Gasteiger partial charge in [-0.2, -0.15) is 8.42 Å². The number of hydrogen-bond donors (Lipinski definition) is 1. The highest BCUT2D eigenvalue weighted by Gasteiger charge is 2.30. The summed E-state index contributed by atoms with van der Waals surface area (Å²) >= 11 is 0. The van der Waals surface area contributed by atoms with Crippen LogP contribution in [0.5, 0.6) is 0 Å². The Hall–Kier alpha value is -0.910. The van der Waals surface area contributed by atoms with E-state index in [0.29, 0.717) is 6.42 Å². The van der Waals surface area contributed by atoms with Crippen LogP contribution in [0.3, 0.4) is 0 Å². The molecule has 0 aromatic heterocycles. The van der Waals surface area contributed by atoms with Gasteiger partial charge in [0, 0.05) is 7.11 Å². The first-order chi connectivity index (χ1) is 10.9. The van der Waals surface area contributed by atoms with E-state index in [2.05, 4.69) is 58.9 Å². The van der Waals surface area contributed by atoms with Gasteiger partial charge in [-0.3, -0.25) is 4.55 Å². The molecule has 1 rings (SSSR count). The lowest BCUT2D eigenvalue weighted by atomic mass is 9.77. The van der Waals surface area contributed by atoms with Crippen LogP contribution in [0, 0.1) is 5.41 Å². The van der Waals surface area contributed by atoms with Crippen LogP contribution in [0.4, 0.5) is 0 Å². The van der Waals surface area contributed by atoms with Crippen molar-refractivity contribution in [3.8, 4) is 0 Å². The topological polar surface area (TPSA) is 63.6 Å². The normalized spacial score (nSPS) is 14.6. The van der Waals surface area contributed by atoms with Gasteiger partial charge >= 0.3 is 0 Å². The van der Waals surface area contributed by atoms with Crippen molar-refractivity contribution in [2.75, 3.05) is 12.9 Å². The van der Waals surface area contributed by atoms with Gasteiger partial charge in [0.15, 0.2) is 0 Å². The van der Waals surface area contributed by atoms with Crippen LogP contribution in [0.1, 0.15) is 71.1 Å². The third-order valence-electron chi connectivity index (χ3n) is 4.50. The first-order valence-electron chi connectivity index (χ1n) is 8.45. The summed E-state index contributed by atoms with van der Waals surface area (Å²) in [5, 5.41) is 0. The zero-order chi connectivity index (χ0) is 18.6. The molecule has 1 unspecified atom stereocenters. The molecule has 0 bridgehead atoms. The van der Waals surface area contributed by atoms with Gasteiger partial charge in [0.2, 0.25) is 0 Å². The molecular weight excluding hydrogens is 324 g/mol. The Morgan fingerprint density at radius 2 is 1.58 bits per heavy atom. The van der Waals surface area contributed by atoms with E-state index < -0.39 is 10.1 Å². The molecule has 1 aromatic carbocycles. The van der Waals surface area contributed by atoms with Crippen LogP contribution < -0.4 is 0 Å². The molecule has 0 aliphatic carbocycles. The predicted molar refractivity (Wildman–Crippen MR) is 98.9 cm³/mol. The van der Waals surface area contributed by atoms with Gasteiger partial charge in [0.05, 0.1) is 11.9 Å². The molecule has 1 N–H and O–H groups in total. The lowest BCUT2D eigenvalue weighted by Gasteiger charge is -2.34. The monoisotopic (exact) mass is 356 g/mol. The highest BCUT2D eigenvalue weighted by Crippen LogP contribution is 2.40. The fourth-order valence-corrected chi connectivity index (χ4v) is 3.63. The predicted octanol–water partition coefficient (Wildman–Crippen LogP) is 4.76. The summed E-state index contributed by atoms with van der Waals surface area (Å²) in [6.07, 6.45) is 1.95. The van der Waals surface area contributed by atoms with E-state index in [1.165, 1.54) is 5.56 Å². The minimum atomic E-state index is -3.87. The summed E-state index contributed by atoms with van der Waals surface area (Å²) in [7, 11) is -2.16. The number of ether oxygens (including phenoxy) is 1. The summed E-state index contributed by atoms with van der Waals surface area (Å²) in [5.74, 6) is -0.180. The summed E-state index contributed by atoms with van der Waals surface area (Å²) in [5.41, 5.74) is 2.40. The molecule has 138 valence electrons. The second-order valence-corrected chi connectivity index (χ2v) is 9.79. The molecule has 0 saturated carbocycles. The molecule has 0 aliphatic rings. The van der Waals surface area contributed by atoms with Crippen molar-refractivity contribution in [2.24, 2.45) is 5.41 Å². The van der Waals surface area contributed by atoms with Crippen LogP contribution in [0.15, 0.2) is 24.3 Å². The molecule has 0 heterocycles. The van der Waals surface area contributed by atoms with Crippen LogP contribution in [0.25, 0.3) is 0 Å². The van der Waals surface area contributed by atoms with Gasteiger partial charge in [0.1, 0.15) is 0 Å². The molecule has 0 spiro atoms. The van der Waals surface area contributed by atoms with Crippen molar-refractivity contribution in [1.29, 1.82) is 0 Å². The average molecular weight is 357 g/mol. The Kier molecular flexibility index (Phi) is 7.03. The quantitative estimate of drug-likeness (QED) is 0.539. The standard InChI is InChI=1S/C19H32O4S/c1-18(2,3)16-11-9-15(10-12-16)17(23-6)19(4,5)13-7-8-14-24(20,21)22/h9-12,17H,7-8,13-14H2,1-6H3,(H,20,21,22). The third kappa shape index (κ3) is 6.54. The lowest BCUT2D eigenvalue weighted by molar-refractivity contribution is -0.000782. The Morgan fingerprint density at radius 3 is 2.00 bits per heavy atom. The van der Waals surface area contributed by atoms with Crippen LogP contribution in [-0.4, -0.2) is 25.8 Å². The molecular formula is C19H32O4S. The van der Waals surface area contributed by atoms with E-state index in [0.717, 1.165) is 18.4 Å². The molecule has 0 aliphatic heterocycles. The molecule has 1 aromatic rings. The number of hydrogen-bond acceptors (Lipinski definition) is 3. The Balaban J connectivity index is 2.79. The Bertz CT molecular complexity index is 610. The summed E-state index contributed by atoms with van der Waals surface area (Å²) < 4.78 is 36.2. The zero-order valence-electron chi connectivity index (χ0n) is 15.8. The summed E-state index contributed by atoms with van der Waals surface area (Å²) in [6.45, 7) is 10.8. The molecule has 24 heavy (non-hydrogen) atoms. The maximum Gasteiger partial charge on any atom is 0.264 e. The molecule has 4 nitrogen and oxygen atoms in total. The SMILES string of the molecule is COC(c1ccc(C(C)(C)C)cc1)C(C)(C)CCCCS(=O)(=O)O. The van der Waals surface area contributed by atoms with Gasteiger partial charge in [-0.15, -0.1) is 0 Å². The number of benzene rings is 1. The second-order valence-electron chi connectivity index (χ2n) is 8.22. The van der Waals surface area contributed by atoms with Gasteiger partial charge in [-0.05, 0) is 34.8 Å². The Morgan fingerprint density at radius 1 is 1.04 bits per heavy atom. The third-order valence-corrected chi connectivity index (χ3v) is 5.30. The van der Waals surface area contributed by atoms with E-state index in [-0.39, 0.29) is 22.7 Å². The van der Waals surface area contributed by atoms with Crippen molar-refractivity contribution in [3.05, 3.63) is 35.4 Å². The van der Waals surface area contributed by atoms with Crippen molar-refractivity contribution in [3.63, 3.8) is 0 Å². The first-order valence-corrected chi connectivity index (χ1v) is 10.1. The van der Waals surface area contributed by atoms with E-state index >= 15 is 0 Å². The highest BCUT2D eigenvalue weighted by molar-refractivity contribution is 7.85.